The second-order valence-electron chi connectivity index (χ2n) is 3.05. The lowest BCUT2D eigenvalue weighted by atomic mass is 10.2. The maximum atomic E-state index is 10.6. The van der Waals surface area contributed by atoms with Crippen molar-refractivity contribution >= 4 is 21.6 Å². The molecule has 0 saturated heterocycles. The van der Waals surface area contributed by atoms with Crippen molar-refractivity contribution in [3.05, 3.63) is 22.4 Å². The summed E-state index contributed by atoms with van der Waals surface area (Å²) in [6.45, 7) is 1.63. The molecule has 0 aliphatic carbocycles. The smallest absolute Gasteiger partial charge is 0.333 e. The van der Waals surface area contributed by atoms with Gasteiger partial charge in [0.2, 0.25) is 0 Å². The number of nitrogens with one attached hydrogen (secondary N) is 1. The van der Waals surface area contributed by atoms with Crippen LogP contribution in [0, 0.1) is 0 Å². The Hall–Kier alpha value is -0.470. The van der Waals surface area contributed by atoms with Crippen LogP contribution in [0.25, 0.3) is 0 Å². The first-order valence-corrected chi connectivity index (χ1v) is 6.57. The number of hydrogen-bond acceptors (Lipinski definition) is 4. The summed E-state index contributed by atoms with van der Waals surface area (Å²) in [6.07, 6.45) is -0.396. The molecule has 1 aromatic heterocycles. The Bertz CT molecular complexity index is 387. The molecule has 0 spiro atoms. The van der Waals surface area contributed by atoms with Crippen LogP contribution in [0.2, 0.25) is 0 Å². The highest BCUT2D eigenvalue weighted by molar-refractivity contribution is 7.83. The molecule has 7 heteroatoms. The van der Waals surface area contributed by atoms with E-state index >= 15 is 0 Å². The molecule has 0 aliphatic heterocycles. The van der Waals surface area contributed by atoms with E-state index in [-0.39, 0.29) is 0 Å². The molecule has 0 fully saturated rings. The van der Waals surface area contributed by atoms with Gasteiger partial charge in [-0.15, -0.1) is 11.3 Å². The van der Waals surface area contributed by atoms with E-state index < -0.39 is 22.4 Å². The van der Waals surface area contributed by atoms with Crippen molar-refractivity contribution in [2.24, 2.45) is 0 Å². The Kier molecular flexibility index (Phi) is 4.23. The molecule has 1 heterocycles. The third kappa shape index (κ3) is 3.88. The summed E-state index contributed by atoms with van der Waals surface area (Å²) in [5, 5.41) is 1.88. The zero-order chi connectivity index (χ0) is 11.5. The van der Waals surface area contributed by atoms with E-state index in [2.05, 4.69) is 4.72 Å². The molecule has 0 radical (unpaired) electrons. The maximum Gasteiger partial charge on any atom is 0.333 e. The number of rotatable bonds is 5. The van der Waals surface area contributed by atoms with Crippen LogP contribution in [-0.2, 0) is 15.0 Å². The van der Waals surface area contributed by atoms with Gasteiger partial charge in [0.25, 0.3) is 0 Å². The summed E-state index contributed by atoms with van der Waals surface area (Å²) in [6, 6.07) is 3.18. The van der Waals surface area contributed by atoms with Gasteiger partial charge in [-0.25, -0.2) is 0 Å². The predicted octanol–water partition coefficient (Wildman–Crippen LogP) is 1.22. The number of ether oxygens (including phenoxy) is 1. The maximum absolute atomic E-state index is 10.6. The summed E-state index contributed by atoms with van der Waals surface area (Å²) in [5.41, 5.74) is 0. The van der Waals surface area contributed by atoms with Gasteiger partial charge in [0.15, 0.2) is 0 Å². The molecule has 1 aromatic rings. The molecule has 0 bridgehead atoms. The first kappa shape index (κ1) is 12.6. The molecule has 0 aliphatic rings. The largest absolute Gasteiger partial charge is 0.374 e. The lowest BCUT2D eigenvalue weighted by Crippen LogP contribution is -2.37. The fourth-order valence-electron chi connectivity index (χ4n) is 1.32. The van der Waals surface area contributed by atoms with Crippen LogP contribution in [0.5, 0.6) is 0 Å². The van der Waals surface area contributed by atoms with E-state index in [1.807, 2.05) is 17.5 Å². The standard InChI is InChI=1S/C8H13NO4S2/c1-6(9-15(10,11)12)8(13-2)7-4-3-5-14-7/h3-6,8-9H,1-2H3,(H,10,11,12)/t6-,8+/m1/s1. The zero-order valence-corrected chi connectivity index (χ0v) is 10.0. The molecule has 5 nitrogen and oxygen atoms in total. The van der Waals surface area contributed by atoms with Crippen molar-refractivity contribution in [1.82, 2.24) is 4.72 Å². The van der Waals surface area contributed by atoms with Crippen LogP contribution in [0.4, 0.5) is 0 Å². The predicted molar refractivity (Wildman–Crippen MR) is 58.2 cm³/mol. The van der Waals surface area contributed by atoms with Gasteiger partial charge in [-0.3, -0.25) is 4.55 Å². The van der Waals surface area contributed by atoms with E-state index in [4.69, 9.17) is 9.29 Å². The lowest BCUT2D eigenvalue weighted by Gasteiger charge is -2.20. The topological polar surface area (TPSA) is 75.6 Å². The highest BCUT2D eigenvalue weighted by Gasteiger charge is 2.23. The van der Waals surface area contributed by atoms with Gasteiger partial charge >= 0.3 is 10.3 Å². The van der Waals surface area contributed by atoms with Crippen LogP contribution in [-0.4, -0.2) is 26.1 Å². The van der Waals surface area contributed by atoms with Crippen LogP contribution >= 0.6 is 11.3 Å². The van der Waals surface area contributed by atoms with Gasteiger partial charge in [0.05, 0.1) is 6.04 Å². The number of methoxy groups -OCH3 is 1. The quantitative estimate of drug-likeness (QED) is 0.771. The fourth-order valence-corrected chi connectivity index (χ4v) is 2.82. The average Bonchev–Trinajstić information content (AvgIpc) is 2.54. The molecular weight excluding hydrogens is 238 g/mol. The van der Waals surface area contributed by atoms with Gasteiger partial charge < -0.3 is 4.74 Å². The van der Waals surface area contributed by atoms with E-state index in [1.54, 1.807) is 6.92 Å². The van der Waals surface area contributed by atoms with Gasteiger partial charge in [-0.05, 0) is 18.4 Å². The molecule has 0 unspecified atom stereocenters. The van der Waals surface area contributed by atoms with Crippen molar-refractivity contribution in [2.75, 3.05) is 7.11 Å². The summed E-state index contributed by atoms with van der Waals surface area (Å²) in [7, 11) is -2.70. The molecular formula is C8H13NO4S2. The fraction of sp³-hybridized carbons (Fsp3) is 0.500. The Labute approximate surface area is 93.0 Å². The molecule has 15 heavy (non-hydrogen) atoms. The van der Waals surface area contributed by atoms with Gasteiger partial charge in [0.1, 0.15) is 6.10 Å². The Morgan fingerprint density at radius 3 is 2.67 bits per heavy atom. The van der Waals surface area contributed by atoms with Crippen LogP contribution in [0.3, 0.4) is 0 Å². The Morgan fingerprint density at radius 2 is 2.27 bits per heavy atom. The summed E-state index contributed by atoms with van der Waals surface area (Å²) in [4.78, 5) is 0.904. The van der Waals surface area contributed by atoms with Crippen LogP contribution in [0.1, 0.15) is 17.9 Å². The minimum absolute atomic E-state index is 0.396. The molecule has 0 aromatic carbocycles. The van der Waals surface area contributed by atoms with E-state index in [0.717, 1.165) is 4.88 Å². The van der Waals surface area contributed by atoms with E-state index in [9.17, 15) is 8.42 Å². The molecule has 0 saturated carbocycles. The lowest BCUT2D eigenvalue weighted by molar-refractivity contribution is 0.0826. The van der Waals surface area contributed by atoms with Crippen LogP contribution < -0.4 is 4.72 Å². The zero-order valence-electron chi connectivity index (χ0n) is 8.38. The van der Waals surface area contributed by atoms with Gasteiger partial charge in [0, 0.05) is 12.0 Å². The Morgan fingerprint density at radius 1 is 1.60 bits per heavy atom. The minimum Gasteiger partial charge on any atom is -0.374 e. The molecule has 86 valence electrons. The van der Waals surface area contributed by atoms with E-state index in [0.29, 0.717) is 0 Å². The summed E-state index contributed by atoms with van der Waals surface area (Å²) in [5.74, 6) is 0. The van der Waals surface area contributed by atoms with Crippen LogP contribution in [0.15, 0.2) is 17.5 Å². The highest BCUT2D eigenvalue weighted by atomic mass is 32.2. The third-order valence-corrected chi connectivity index (χ3v) is 3.47. The first-order chi connectivity index (χ1) is 6.94. The summed E-state index contributed by atoms with van der Waals surface area (Å²) >= 11 is 1.47. The molecule has 2 N–H and O–H groups in total. The second-order valence-corrected chi connectivity index (χ2v) is 5.22. The average molecular weight is 251 g/mol. The number of thiophene rings is 1. The molecule has 2 atom stereocenters. The van der Waals surface area contributed by atoms with E-state index in [1.165, 1.54) is 18.4 Å². The van der Waals surface area contributed by atoms with Crippen molar-refractivity contribution in [3.8, 4) is 0 Å². The minimum atomic E-state index is -4.19. The number of hydrogen-bond donors (Lipinski definition) is 2. The normalized spacial score (nSPS) is 16.2. The van der Waals surface area contributed by atoms with Gasteiger partial charge in [-0.2, -0.15) is 13.1 Å². The van der Waals surface area contributed by atoms with Crippen molar-refractivity contribution < 1.29 is 17.7 Å². The Balaban J connectivity index is 2.76. The third-order valence-electron chi connectivity index (χ3n) is 1.87. The monoisotopic (exact) mass is 251 g/mol. The van der Waals surface area contributed by atoms with Crippen molar-refractivity contribution in [1.29, 1.82) is 0 Å². The first-order valence-electron chi connectivity index (χ1n) is 4.25. The SMILES string of the molecule is CO[C@H](c1cccs1)[C@@H](C)NS(=O)(=O)O. The summed E-state index contributed by atoms with van der Waals surface area (Å²) < 4.78 is 37.1. The van der Waals surface area contributed by atoms with Crippen molar-refractivity contribution in [3.63, 3.8) is 0 Å². The highest BCUT2D eigenvalue weighted by Crippen LogP contribution is 2.25. The molecule has 0 amide bonds. The molecule has 1 rings (SSSR count). The second kappa shape index (κ2) is 5.04. The van der Waals surface area contributed by atoms with Gasteiger partial charge in [-0.1, -0.05) is 6.07 Å². The van der Waals surface area contributed by atoms with Crippen molar-refractivity contribution in [2.45, 2.75) is 19.1 Å².